The molecule has 14 aromatic carbocycles. The highest BCUT2D eigenvalue weighted by Gasteiger charge is 2.46. The molecular formula is C100H74N8S2+4. The first kappa shape index (κ1) is 67.4. The van der Waals surface area contributed by atoms with Gasteiger partial charge in [0.1, 0.15) is 68.2 Å². The van der Waals surface area contributed by atoms with E-state index in [-0.39, 0.29) is 8.97 Å². The molecule has 0 radical (unpaired) electrons. The fraction of sp³-hybridized carbons (Fsp3) is 0.0200. The zero-order valence-electron chi connectivity index (χ0n) is 60.7. The number of benzene rings is 14. The summed E-state index contributed by atoms with van der Waals surface area (Å²) in [6.45, 7) is 4.53. The molecule has 0 N–H and O–H groups in total. The fourth-order valence-corrected chi connectivity index (χ4v) is 19.7. The summed E-state index contributed by atoms with van der Waals surface area (Å²) < 4.78 is 1.13. The number of hydrogen-bond acceptors (Lipinski definition) is 6. The Hall–Kier alpha value is -13.3. The molecule has 0 saturated carbocycles. The van der Waals surface area contributed by atoms with Crippen molar-refractivity contribution in [3.05, 3.63) is 424 Å². The van der Waals surface area contributed by atoms with Crippen molar-refractivity contribution in [1.82, 2.24) is 37.9 Å². The quantitative estimate of drug-likeness (QED) is 0.0488. The first-order valence-corrected chi connectivity index (χ1v) is 38.9. The van der Waals surface area contributed by atoms with Crippen LogP contribution in [0.4, 0.5) is 89.6 Å². The Labute approximate surface area is 648 Å². The van der Waals surface area contributed by atoms with Gasteiger partial charge in [0.15, 0.2) is 11.4 Å². The van der Waals surface area contributed by atoms with Crippen molar-refractivity contribution in [1.29, 1.82) is 0 Å². The molecule has 0 atom stereocenters. The van der Waals surface area contributed by atoms with Crippen LogP contribution < -0.4 is 17.9 Å². The zero-order valence-corrected chi connectivity index (χ0v) is 62.3. The molecule has 0 fully saturated rings. The van der Waals surface area contributed by atoms with Crippen LogP contribution in [-0.4, -0.2) is 19.9 Å². The van der Waals surface area contributed by atoms with Crippen LogP contribution in [0.25, 0.3) is 64.8 Å². The Kier molecular flexibility index (Phi) is 17.2. The smallest absolute Gasteiger partial charge is 0.204 e. The van der Waals surface area contributed by atoms with Crippen LogP contribution in [0.5, 0.6) is 0 Å². The van der Waals surface area contributed by atoms with Gasteiger partial charge in [0.05, 0.1) is 45.5 Å². The van der Waals surface area contributed by atoms with Gasteiger partial charge in [0.2, 0.25) is 10.0 Å². The van der Waals surface area contributed by atoms with Crippen molar-refractivity contribution < 1.29 is 0 Å². The molecule has 110 heavy (non-hydrogen) atoms. The van der Waals surface area contributed by atoms with E-state index in [0.29, 0.717) is 31.0 Å². The van der Waals surface area contributed by atoms with E-state index in [9.17, 15) is 0 Å². The Morgan fingerprint density at radius 2 is 0.400 bits per heavy atom. The summed E-state index contributed by atoms with van der Waals surface area (Å²) >= 11 is 3.62. The third kappa shape index (κ3) is 10.8. The van der Waals surface area contributed by atoms with Crippen molar-refractivity contribution in [2.24, 2.45) is 0 Å². The average molecular weight is 1450 g/mol. The lowest BCUT2D eigenvalue weighted by atomic mass is 9.99. The van der Waals surface area contributed by atoms with E-state index in [1.165, 1.54) is 0 Å². The van der Waals surface area contributed by atoms with Gasteiger partial charge >= 0.3 is 0 Å². The zero-order chi connectivity index (χ0) is 73.6. The fourth-order valence-electron chi connectivity index (χ4n) is 17.0. The third-order valence-corrected chi connectivity index (χ3v) is 24.5. The molecule has 0 aliphatic heterocycles. The number of fused-ring (bicyclic) bond motifs is 7. The van der Waals surface area contributed by atoms with Crippen molar-refractivity contribution in [3.8, 4) is 20.9 Å². The number of nitrogens with zero attached hydrogens (tertiary/aromatic N) is 8. The summed E-state index contributed by atoms with van der Waals surface area (Å²) in [5.74, 6) is 0. The molecule has 0 amide bonds. The van der Waals surface area contributed by atoms with E-state index in [0.717, 1.165) is 143 Å². The molecule has 522 valence electrons. The molecule has 0 aliphatic carbocycles. The largest absolute Gasteiger partial charge is 0.248 e. The first-order valence-electron chi connectivity index (χ1n) is 37.2. The number of thiophene rings is 2. The number of aryl methyl sites for hydroxylation is 2. The van der Waals surface area contributed by atoms with Gasteiger partial charge in [-0.15, -0.1) is 0 Å². The number of pyridine rings is 2. The predicted molar refractivity (Wildman–Crippen MR) is 464 cm³/mol. The molecule has 0 unspecified atom stereocenters. The maximum Gasteiger partial charge on any atom is 0.204 e. The summed E-state index contributed by atoms with van der Waals surface area (Å²) in [6, 6.07) is 145. The number of aromatic nitrogens is 4. The minimum Gasteiger partial charge on any atom is -0.248 e. The predicted octanol–water partition coefficient (Wildman–Crippen LogP) is 29.2. The van der Waals surface area contributed by atoms with Gasteiger partial charge in [0.25, 0.3) is 0 Å². The molecular weight excluding hydrogens is 1380 g/mol. The minimum absolute atomic E-state index is 0.218. The van der Waals surface area contributed by atoms with Crippen LogP contribution in [-0.2, 0) is 0 Å². The van der Waals surface area contributed by atoms with E-state index >= 15 is 0 Å². The monoisotopic (exact) mass is 1450 g/mol. The SMILES string of the molecule is Cc1cc([N+](c2ccccc2)(c2ccccc2)c2ccccc2)sc1-c1ccc(-c2sc([N+](c3ccccc3)(c3ccccc3)c3ccccc3)cc2C)c2nc3c4cc([N+](c5ccccc5)(c5ccccc5)c5ccccc5)cnc4c4ncc([N+](c5ccccc5)(c5ccccc5)c5ccccc5)cc4c3nc12. The standard InChI is InChI=1S/C100H74N8S2/c1-71-65-91(107(79-51-27-9-28-52-79,80-53-29-10-30-54-80)81-55-31-11-32-56-81)109-99(71)87-63-64-88(100-72(2)66-92(110-100)108(82-57-33-12-34-58-82,83-59-35-13-36-60-83)84-61-37-14-38-62-84)96-95(87)103-97-89-67-85(105(73-39-15-3-16-40-73,74-41-17-4-18-42-74)75-43-19-5-20-44-75)69-101-93(89)94-90(98(97)104-96)68-86(70-102-94)106(76-45-21-6-22-46-76,77-47-23-7-24-48-77)78-49-25-8-26-50-78/h3-70H,1-2H3/q+4. The first-order chi connectivity index (χ1) is 54.4. The minimum atomic E-state index is 0.218. The van der Waals surface area contributed by atoms with E-state index < -0.39 is 0 Å². The lowest BCUT2D eigenvalue weighted by Gasteiger charge is -2.37. The number of hydrogen-bond donors (Lipinski definition) is 0. The lowest BCUT2D eigenvalue weighted by molar-refractivity contribution is 0.701. The second-order valence-corrected chi connectivity index (χ2v) is 29.9. The van der Waals surface area contributed by atoms with E-state index in [4.69, 9.17) is 19.9 Å². The molecule has 0 aliphatic rings. The van der Waals surface area contributed by atoms with Gasteiger partial charge in [-0.3, -0.25) is 0 Å². The number of para-hydroxylation sites is 12. The number of quaternary nitrogens is 4. The summed E-state index contributed by atoms with van der Waals surface area (Å²) in [4.78, 5) is 26.5. The second kappa shape index (κ2) is 28.1. The van der Waals surface area contributed by atoms with Crippen LogP contribution in [0, 0.1) is 13.8 Å². The molecule has 5 heterocycles. The molecule has 0 bridgehead atoms. The summed E-state index contributed by atoms with van der Waals surface area (Å²) in [6.07, 6.45) is 4.13. The highest BCUT2D eigenvalue weighted by atomic mass is 32.1. The Morgan fingerprint density at radius 1 is 0.200 bits per heavy atom. The van der Waals surface area contributed by atoms with Gasteiger partial charge < -0.3 is 0 Å². The number of rotatable bonds is 18. The van der Waals surface area contributed by atoms with E-state index in [1.807, 2.05) is 22.7 Å². The van der Waals surface area contributed by atoms with Gasteiger partial charge in [-0.2, -0.15) is 17.9 Å². The summed E-state index contributed by atoms with van der Waals surface area (Å²) in [5, 5.41) is 3.89. The van der Waals surface area contributed by atoms with Crippen LogP contribution in [0.3, 0.4) is 0 Å². The normalized spacial score (nSPS) is 12.1. The Balaban J connectivity index is 0.974. The summed E-state index contributed by atoms with van der Waals surface area (Å²) in [5.41, 5.74) is 23.3. The Bertz CT molecular complexity index is 5720. The molecule has 10 heteroatoms. The van der Waals surface area contributed by atoms with Crippen LogP contribution in [0.15, 0.2) is 413 Å². The van der Waals surface area contributed by atoms with E-state index in [2.05, 4.69) is 427 Å². The maximum atomic E-state index is 6.40. The summed E-state index contributed by atoms with van der Waals surface area (Å²) in [7, 11) is 0. The second-order valence-electron chi connectivity index (χ2n) is 27.9. The van der Waals surface area contributed by atoms with E-state index in [1.54, 1.807) is 0 Å². The Morgan fingerprint density at radius 3 is 0.609 bits per heavy atom. The van der Waals surface area contributed by atoms with Crippen molar-refractivity contribution in [2.75, 3.05) is 0 Å². The molecule has 5 aromatic heterocycles. The molecule has 19 rings (SSSR count). The molecule has 0 spiro atoms. The van der Waals surface area contributed by atoms with Crippen molar-refractivity contribution >= 4 is 156 Å². The highest BCUT2D eigenvalue weighted by molar-refractivity contribution is 7.20. The maximum absolute atomic E-state index is 6.40. The van der Waals surface area contributed by atoms with Gasteiger partial charge in [-0.25, -0.2) is 19.9 Å². The van der Waals surface area contributed by atoms with Crippen molar-refractivity contribution in [2.45, 2.75) is 13.8 Å². The topological polar surface area (TPSA) is 51.6 Å². The van der Waals surface area contributed by atoms with Gasteiger partial charge in [0, 0.05) is 202 Å². The molecule has 19 aromatic rings. The lowest BCUT2D eigenvalue weighted by Crippen LogP contribution is -2.33. The van der Waals surface area contributed by atoms with Crippen LogP contribution in [0.1, 0.15) is 11.1 Å². The van der Waals surface area contributed by atoms with Gasteiger partial charge in [-0.1, -0.05) is 253 Å². The van der Waals surface area contributed by atoms with Crippen molar-refractivity contribution in [3.63, 3.8) is 0 Å². The molecule has 8 nitrogen and oxygen atoms in total. The third-order valence-electron chi connectivity index (χ3n) is 21.8. The van der Waals surface area contributed by atoms with Crippen LogP contribution >= 0.6 is 22.7 Å². The molecule has 0 saturated heterocycles. The van der Waals surface area contributed by atoms with Gasteiger partial charge in [-0.05, 0) is 25.0 Å². The highest BCUT2D eigenvalue weighted by Crippen LogP contribution is 2.61. The van der Waals surface area contributed by atoms with Crippen LogP contribution in [0.2, 0.25) is 0 Å². The average Bonchev–Trinajstić information content (AvgIpc) is 1.61.